The van der Waals surface area contributed by atoms with E-state index in [4.69, 9.17) is 10.5 Å². The van der Waals surface area contributed by atoms with Crippen LogP contribution in [-0.2, 0) is 0 Å². The molecule has 0 spiro atoms. The van der Waals surface area contributed by atoms with E-state index in [1.54, 1.807) is 7.11 Å². The third-order valence-electron chi connectivity index (χ3n) is 3.40. The van der Waals surface area contributed by atoms with Crippen LogP contribution in [0.1, 0.15) is 44.6 Å². The van der Waals surface area contributed by atoms with Crippen molar-refractivity contribution in [3.8, 4) is 5.75 Å². The number of benzene rings is 1. The Balaban J connectivity index is 2.45. The highest BCUT2D eigenvalue weighted by molar-refractivity contribution is 5.86. The SMILES string of the molecule is CCCCC(C)c1ccc(OC)c2[nH]c(N)nc12. The van der Waals surface area contributed by atoms with Gasteiger partial charge in [0.25, 0.3) is 0 Å². The van der Waals surface area contributed by atoms with Crippen molar-refractivity contribution in [1.29, 1.82) is 0 Å². The molecule has 1 aromatic carbocycles. The number of anilines is 1. The first-order chi connectivity index (χ1) is 8.67. The van der Waals surface area contributed by atoms with E-state index in [2.05, 4.69) is 29.9 Å². The first kappa shape index (κ1) is 12.7. The number of H-pyrrole nitrogens is 1. The molecule has 0 bridgehead atoms. The average molecular weight is 247 g/mol. The summed E-state index contributed by atoms with van der Waals surface area (Å²) in [5.41, 5.74) is 8.84. The van der Waals surface area contributed by atoms with E-state index in [0.717, 1.165) is 16.8 Å². The van der Waals surface area contributed by atoms with Crippen molar-refractivity contribution >= 4 is 17.0 Å². The average Bonchev–Trinajstić information content (AvgIpc) is 2.75. The summed E-state index contributed by atoms with van der Waals surface area (Å²) in [6, 6.07) is 4.08. The summed E-state index contributed by atoms with van der Waals surface area (Å²) in [6.07, 6.45) is 3.62. The van der Waals surface area contributed by atoms with Crippen molar-refractivity contribution in [3.05, 3.63) is 17.7 Å². The fourth-order valence-electron chi connectivity index (χ4n) is 2.34. The van der Waals surface area contributed by atoms with E-state index < -0.39 is 0 Å². The van der Waals surface area contributed by atoms with Crippen LogP contribution in [0.25, 0.3) is 11.0 Å². The molecule has 1 aromatic heterocycles. The lowest BCUT2D eigenvalue weighted by Gasteiger charge is -2.13. The lowest BCUT2D eigenvalue weighted by Crippen LogP contribution is -1.96. The zero-order valence-electron chi connectivity index (χ0n) is 11.3. The van der Waals surface area contributed by atoms with Gasteiger partial charge in [0, 0.05) is 0 Å². The first-order valence-corrected chi connectivity index (χ1v) is 6.49. The van der Waals surface area contributed by atoms with Gasteiger partial charge in [-0.25, -0.2) is 4.98 Å². The molecule has 2 aromatic rings. The summed E-state index contributed by atoms with van der Waals surface area (Å²) < 4.78 is 5.33. The number of methoxy groups -OCH3 is 1. The number of fused-ring (bicyclic) bond motifs is 1. The quantitative estimate of drug-likeness (QED) is 0.850. The van der Waals surface area contributed by atoms with E-state index in [-0.39, 0.29) is 0 Å². The Morgan fingerprint density at radius 3 is 2.89 bits per heavy atom. The molecule has 4 nitrogen and oxygen atoms in total. The minimum absolute atomic E-state index is 0.443. The lowest BCUT2D eigenvalue weighted by molar-refractivity contribution is 0.419. The number of ether oxygens (including phenoxy) is 1. The minimum atomic E-state index is 0.443. The number of nitrogens with zero attached hydrogens (tertiary/aromatic N) is 1. The van der Waals surface area contributed by atoms with Crippen LogP contribution in [0.3, 0.4) is 0 Å². The maximum atomic E-state index is 5.76. The third-order valence-corrected chi connectivity index (χ3v) is 3.40. The van der Waals surface area contributed by atoms with Gasteiger partial charge in [0.1, 0.15) is 11.3 Å². The van der Waals surface area contributed by atoms with Crippen molar-refractivity contribution in [3.63, 3.8) is 0 Å². The lowest BCUT2D eigenvalue weighted by atomic mass is 9.94. The molecule has 4 heteroatoms. The van der Waals surface area contributed by atoms with Crippen molar-refractivity contribution in [2.75, 3.05) is 12.8 Å². The van der Waals surface area contributed by atoms with Crippen LogP contribution in [0.15, 0.2) is 12.1 Å². The maximum absolute atomic E-state index is 5.76. The van der Waals surface area contributed by atoms with Crippen LogP contribution < -0.4 is 10.5 Å². The van der Waals surface area contributed by atoms with Crippen LogP contribution in [0.2, 0.25) is 0 Å². The highest BCUT2D eigenvalue weighted by atomic mass is 16.5. The predicted molar refractivity (Wildman–Crippen MR) is 75.0 cm³/mol. The van der Waals surface area contributed by atoms with E-state index in [9.17, 15) is 0 Å². The zero-order valence-corrected chi connectivity index (χ0v) is 11.3. The van der Waals surface area contributed by atoms with Gasteiger partial charge in [0.15, 0.2) is 5.95 Å². The Morgan fingerprint density at radius 1 is 1.44 bits per heavy atom. The summed E-state index contributed by atoms with van der Waals surface area (Å²) >= 11 is 0. The number of nitrogens with one attached hydrogen (secondary N) is 1. The van der Waals surface area contributed by atoms with Gasteiger partial charge in [-0.2, -0.15) is 0 Å². The van der Waals surface area contributed by atoms with E-state index in [1.807, 2.05) is 6.07 Å². The molecule has 0 amide bonds. The molecule has 98 valence electrons. The number of imidazole rings is 1. The van der Waals surface area contributed by atoms with Gasteiger partial charge in [0.05, 0.1) is 12.6 Å². The van der Waals surface area contributed by atoms with Crippen LogP contribution in [0, 0.1) is 0 Å². The largest absolute Gasteiger partial charge is 0.494 e. The topological polar surface area (TPSA) is 63.9 Å². The Labute approximate surface area is 108 Å². The minimum Gasteiger partial charge on any atom is -0.494 e. The number of hydrogen-bond donors (Lipinski definition) is 2. The van der Waals surface area contributed by atoms with Crippen molar-refractivity contribution in [2.45, 2.75) is 39.0 Å². The van der Waals surface area contributed by atoms with Gasteiger partial charge >= 0.3 is 0 Å². The number of aromatic nitrogens is 2. The Kier molecular flexibility index (Phi) is 3.75. The van der Waals surface area contributed by atoms with Gasteiger partial charge in [0.2, 0.25) is 0 Å². The monoisotopic (exact) mass is 247 g/mol. The second-order valence-corrected chi connectivity index (χ2v) is 4.75. The molecule has 1 atom stereocenters. The molecule has 0 aliphatic carbocycles. The Bertz CT molecular complexity index is 533. The molecule has 0 radical (unpaired) electrons. The van der Waals surface area contributed by atoms with Gasteiger partial charge in [-0.1, -0.05) is 32.8 Å². The highest BCUT2D eigenvalue weighted by Gasteiger charge is 2.15. The van der Waals surface area contributed by atoms with Crippen LogP contribution >= 0.6 is 0 Å². The fraction of sp³-hybridized carbons (Fsp3) is 0.500. The summed E-state index contributed by atoms with van der Waals surface area (Å²) in [5, 5.41) is 0. The molecule has 2 rings (SSSR count). The normalized spacial score (nSPS) is 12.8. The van der Waals surface area contributed by atoms with E-state index >= 15 is 0 Å². The van der Waals surface area contributed by atoms with Gasteiger partial charge in [-0.15, -0.1) is 0 Å². The van der Waals surface area contributed by atoms with Crippen molar-refractivity contribution in [1.82, 2.24) is 9.97 Å². The molecular formula is C14H21N3O. The van der Waals surface area contributed by atoms with E-state index in [1.165, 1.54) is 24.8 Å². The number of nitrogens with two attached hydrogens (primary N) is 1. The number of hydrogen-bond acceptors (Lipinski definition) is 3. The van der Waals surface area contributed by atoms with Gasteiger partial charge in [-0.3, -0.25) is 0 Å². The molecule has 0 saturated carbocycles. The zero-order chi connectivity index (χ0) is 13.1. The van der Waals surface area contributed by atoms with Crippen molar-refractivity contribution in [2.24, 2.45) is 0 Å². The van der Waals surface area contributed by atoms with Crippen molar-refractivity contribution < 1.29 is 4.74 Å². The molecule has 1 unspecified atom stereocenters. The van der Waals surface area contributed by atoms with Crippen LogP contribution in [0.5, 0.6) is 5.75 Å². The molecule has 0 fully saturated rings. The van der Waals surface area contributed by atoms with Gasteiger partial charge < -0.3 is 15.5 Å². The molecule has 1 heterocycles. The maximum Gasteiger partial charge on any atom is 0.198 e. The summed E-state index contributed by atoms with van der Waals surface area (Å²) in [5.74, 6) is 1.72. The number of nitrogen functional groups attached to an aromatic ring is 1. The predicted octanol–water partition coefficient (Wildman–Crippen LogP) is 3.45. The molecule has 18 heavy (non-hydrogen) atoms. The standard InChI is InChI=1S/C14H21N3O/c1-4-5-6-9(2)10-7-8-11(18-3)13-12(10)16-14(15)17-13/h7-9H,4-6H2,1-3H3,(H3,15,16,17). The third kappa shape index (κ3) is 2.28. The number of unbranched alkanes of at least 4 members (excludes halogenated alkanes) is 1. The second-order valence-electron chi connectivity index (χ2n) is 4.75. The second kappa shape index (κ2) is 5.29. The molecule has 0 saturated heterocycles. The summed E-state index contributed by atoms with van der Waals surface area (Å²) in [4.78, 5) is 7.46. The molecule has 0 aliphatic heterocycles. The number of aromatic amines is 1. The Hall–Kier alpha value is -1.71. The molecule has 0 aliphatic rings. The molecule has 3 N–H and O–H groups in total. The summed E-state index contributed by atoms with van der Waals surface area (Å²) in [7, 11) is 1.66. The smallest absolute Gasteiger partial charge is 0.198 e. The number of rotatable bonds is 5. The molecular weight excluding hydrogens is 226 g/mol. The first-order valence-electron chi connectivity index (χ1n) is 6.49. The fourth-order valence-corrected chi connectivity index (χ4v) is 2.34. The van der Waals surface area contributed by atoms with E-state index in [0.29, 0.717) is 11.9 Å². The Morgan fingerprint density at radius 2 is 2.22 bits per heavy atom. The van der Waals surface area contributed by atoms with Gasteiger partial charge in [-0.05, 0) is 24.0 Å². The van der Waals surface area contributed by atoms with Crippen LogP contribution in [-0.4, -0.2) is 17.1 Å². The highest BCUT2D eigenvalue weighted by Crippen LogP contribution is 2.33. The van der Waals surface area contributed by atoms with Crippen LogP contribution in [0.4, 0.5) is 5.95 Å². The summed E-state index contributed by atoms with van der Waals surface area (Å²) in [6.45, 7) is 4.45.